The van der Waals surface area contributed by atoms with Gasteiger partial charge in [0.2, 0.25) is 0 Å². The summed E-state index contributed by atoms with van der Waals surface area (Å²) in [4.78, 5) is 35.0. The lowest BCUT2D eigenvalue weighted by Gasteiger charge is -2.19. The number of esters is 2. The molecule has 0 saturated heterocycles. The topological polar surface area (TPSA) is 134 Å². The molecule has 0 aliphatic heterocycles. The standard InChI is InChI=1S/C48H92NO8P/c1-3-5-7-9-11-13-15-17-19-20-21-22-23-24-25-27-28-30-32-34-36-38-40-47(50)54-44-46(45-56-58(52,53)55-43-42-49)57-48(51)41-39-37-35-33-31-29-26-18-16-14-12-10-8-6-4-2/h12,14,18,26,46H,3-11,13,15-17,19-25,27-45,49H2,1-2H3,(H,52,53)/b14-12+,26-18+/t46-/m1/s1. The van der Waals surface area contributed by atoms with Crippen LogP contribution in [0.2, 0.25) is 0 Å². The van der Waals surface area contributed by atoms with Gasteiger partial charge in [0.15, 0.2) is 6.10 Å². The summed E-state index contributed by atoms with van der Waals surface area (Å²) in [7, 11) is -4.38. The third kappa shape index (κ3) is 44.1. The number of rotatable bonds is 46. The lowest BCUT2D eigenvalue weighted by molar-refractivity contribution is -0.161. The van der Waals surface area contributed by atoms with E-state index in [9.17, 15) is 19.0 Å². The first-order valence-electron chi connectivity index (χ1n) is 24.3. The minimum absolute atomic E-state index is 0.0526. The van der Waals surface area contributed by atoms with Gasteiger partial charge in [-0.15, -0.1) is 0 Å². The Hall–Kier alpha value is -1.51. The van der Waals surface area contributed by atoms with Gasteiger partial charge in [0, 0.05) is 19.4 Å². The van der Waals surface area contributed by atoms with Crippen molar-refractivity contribution in [3.8, 4) is 0 Å². The quantitative estimate of drug-likeness (QED) is 0.0266. The van der Waals surface area contributed by atoms with Crippen LogP contribution < -0.4 is 5.73 Å². The summed E-state index contributed by atoms with van der Waals surface area (Å²) in [6, 6.07) is 0. The van der Waals surface area contributed by atoms with E-state index in [1.165, 1.54) is 148 Å². The van der Waals surface area contributed by atoms with Crippen molar-refractivity contribution >= 4 is 19.8 Å². The molecule has 0 aromatic carbocycles. The summed E-state index contributed by atoms with van der Waals surface area (Å²) in [5, 5.41) is 0. The molecule has 0 amide bonds. The van der Waals surface area contributed by atoms with E-state index in [0.717, 1.165) is 57.8 Å². The molecule has 0 aliphatic rings. The normalized spacial score (nSPS) is 13.4. The summed E-state index contributed by atoms with van der Waals surface area (Å²) < 4.78 is 32.8. The van der Waals surface area contributed by atoms with E-state index < -0.39 is 26.5 Å². The van der Waals surface area contributed by atoms with Crippen molar-refractivity contribution in [3.63, 3.8) is 0 Å². The zero-order valence-corrected chi connectivity index (χ0v) is 38.7. The third-order valence-electron chi connectivity index (χ3n) is 10.6. The summed E-state index contributed by atoms with van der Waals surface area (Å²) in [5.41, 5.74) is 5.36. The molecule has 342 valence electrons. The highest BCUT2D eigenvalue weighted by Gasteiger charge is 2.26. The summed E-state index contributed by atoms with van der Waals surface area (Å²) in [6.45, 7) is 3.73. The van der Waals surface area contributed by atoms with Crippen LogP contribution in [0.5, 0.6) is 0 Å². The molecule has 10 heteroatoms. The van der Waals surface area contributed by atoms with Crippen LogP contribution in [0.4, 0.5) is 0 Å². The molecule has 0 heterocycles. The van der Waals surface area contributed by atoms with Gasteiger partial charge in [0.1, 0.15) is 6.61 Å². The number of phosphoric acid groups is 1. The average molecular weight is 842 g/mol. The van der Waals surface area contributed by atoms with Crippen LogP contribution >= 0.6 is 7.82 Å². The van der Waals surface area contributed by atoms with Crippen LogP contribution in [-0.4, -0.2) is 49.3 Å². The van der Waals surface area contributed by atoms with E-state index in [1.54, 1.807) is 0 Å². The van der Waals surface area contributed by atoms with Crippen molar-refractivity contribution in [3.05, 3.63) is 24.3 Å². The third-order valence-corrected chi connectivity index (χ3v) is 11.6. The maximum Gasteiger partial charge on any atom is 0.472 e. The van der Waals surface area contributed by atoms with Crippen molar-refractivity contribution < 1.29 is 37.6 Å². The monoisotopic (exact) mass is 842 g/mol. The van der Waals surface area contributed by atoms with Crippen LogP contribution in [0.15, 0.2) is 24.3 Å². The predicted molar refractivity (Wildman–Crippen MR) is 243 cm³/mol. The highest BCUT2D eigenvalue weighted by atomic mass is 31.2. The van der Waals surface area contributed by atoms with Gasteiger partial charge in [0.05, 0.1) is 13.2 Å². The fraction of sp³-hybridized carbons (Fsp3) is 0.875. The Morgan fingerprint density at radius 2 is 0.897 bits per heavy atom. The van der Waals surface area contributed by atoms with Gasteiger partial charge in [-0.25, -0.2) is 4.57 Å². The zero-order valence-electron chi connectivity index (χ0n) is 37.8. The van der Waals surface area contributed by atoms with Crippen molar-refractivity contribution in [2.45, 2.75) is 245 Å². The van der Waals surface area contributed by atoms with E-state index >= 15 is 0 Å². The van der Waals surface area contributed by atoms with E-state index in [4.69, 9.17) is 24.3 Å². The molecule has 0 saturated carbocycles. The highest BCUT2D eigenvalue weighted by molar-refractivity contribution is 7.47. The number of phosphoric ester groups is 1. The first-order valence-corrected chi connectivity index (χ1v) is 25.8. The number of carbonyl (C=O) groups excluding carboxylic acids is 2. The Morgan fingerprint density at radius 1 is 0.517 bits per heavy atom. The number of hydrogen-bond acceptors (Lipinski definition) is 8. The number of allylic oxidation sites excluding steroid dienone is 4. The molecule has 0 aliphatic carbocycles. The maximum atomic E-state index is 12.6. The van der Waals surface area contributed by atoms with Crippen LogP contribution in [0.3, 0.4) is 0 Å². The molecular formula is C48H92NO8P. The predicted octanol–water partition coefficient (Wildman–Crippen LogP) is 14.3. The largest absolute Gasteiger partial charge is 0.472 e. The molecule has 0 bridgehead atoms. The number of nitrogens with two attached hydrogens (primary N) is 1. The number of hydrogen-bond donors (Lipinski definition) is 2. The van der Waals surface area contributed by atoms with Crippen LogP contribution in [0.1, 0.15) is 239 Å². The van der Waals surface area contributed by atoms with Crippen LogP contribution in [0.25, 0.3) is 0 Å². The summed E-state index contributed by atoms with van der Waals surface area (Å²) in [5.74, 6) is -0.833. The molecule has 0 aromatic heterocycles. The lowest BCUT2D eigenvalue weighted by Crippen LogP contribution is -2.29. The van der Waals surface area contributed by atoms with Crippen LogP contribution in [-0.2, 0) is 32.7 Å². The van der Waals surface area contributed by atoms with Crippen molar-refractivity contribution in [2.75, 3.05) is 26.4 Å². The Kier molecular flexibility index (Phi) is 43.9. The minimum atomic E-state index is -4.38. The molecule has 0 aromatic rings. The highest BCUT2D eigenvalue weighted by Crippen LogP contribution is 2.43. The Bertz CT molecular complexity index is 1010. The smallest absolute Gasteiger partial charge is 0.462 e. The molecule has 9 nitrogen and oxygen atoms in total. The zero-order chi connectivity index (χ0) is 42.5. The molecule has 0 rings (SSSR count). The molecular weight excluding hydrogens is 750 g/mol. The molecule has 0 spiro atoms. The molecule has 0 radical (unpaired) electrons. The van der Waals surface area contributed by atoms with Gasteiger partial charge in [-0.2, -0.15) is 0 Å². The van der Waals surface area contributed by atoms with E-state index in [1.807, 2.05) is 0 Å². The second kappa shape index (κ2) is 45.0. The number of ether oxygens (including phenoxy) is 2. The SMILES string of the molecule is CCCCC/C=C/C/C=C/CCCCCCCC(=O)O[C@H](COC(=O)CCCCCCCCCCCCCCCCCCCCCCCC)COP(=O)(O)OCCN. The van der Waals surface area contributed by atoms with Gasteiger partial charge in [0.25, 0.3) is 0 Å². The van der Waals surface area contributed by atoms with Gasteiger partial charge in [-0.3, -0.25) is 18.6 Å². The Balaban J connectivity index is 4.02. The first kappa shape index (κ1) is 56.5. The van der Waals surface area contributed by atoms with Gasteiger partial charge < -0.3 is 20.1 Å². The number of carbonyl (C=O) groups is 2. The second-order valence-corrected chi connectivity index (χ2v) is 17.8. The fourth-order valence-electron chi connectivity index (χ4n) is 6.96. The van der Waals surface area contributed by atoms with Crippen molar-refractivity contribution in [1.82, 2.24) is 0 Å². The van der Waals surface area contributed by atoms with Gasteiger partial charge in [-0.05, 0) is 44.9 Å². The fourth-order valence-corrected chi connectivity index (χ4v) is 7.73. The van der Waals surface area contributed by atoms with E-state index in [0.29, 0.717) is 6.42 Å². The summed E-state index contributed by atoms with van der Waals surface area (Å²) >= 11 is 0. The minimum Gasteiger partial charge on any atom is -0.462 e. The Labute approximate surface area is 357 Å². The Morgan fingerprint density at radius 3 is 1.34 bits per heavy atom. The first-order chi connectivity index (χ1) is 28.3. The van der Waals surface area contributed by atoms with Crippen molar-refractivity contribution in [1.29, 1.82) is 0 Å². The molecule has 3 N–H and O–H groups in total. The summed E-state index contributed by atoms with van der Waals surface area (Å²) in [6.07, 6.45) is 49.3. The molecule has 0 fully saturated rings. The van der Waals surface area contributed by atoms with Crippen molar-refractivity contribution in [2.24, 2.45) is 5.73 Å². The second-order valence-electron chi connectivity index (χ2n) is 16.3. The maximum absolute atomic E-state index is 12.6. The molecule has 2 atom stereocenters. The molecule has 1 unspecified atom stereocenters. The van der Waals surface area contributed by atoms with E-state index in [-0.39, 0.29) is 38.6 Å². The lowest BCUT2D eigenvalue weighted by atomic mass is 10.0. The molecule has 58 heavy (non-hydrogen) atoms. The average Bonchev–Trinajstić information content (AvgIpc) is 3.21. The van der Waals surface area contributed by atoms with Gasteiger partial charge in [-0.1, -0.05) is 205 Å². The van der Waals surface area contributed by atoms with E-state index in [2.05, 4.69) is 38.2 Å². The van der Waals surface area contributed by atoms with Crippen LogP contribution in [0, 0.1) is 0 Å². The number of unbranched alkanes of at least 4 members (excludes halogenated alkanes) is 29. The van der Waals surface area contributed by atoms with Gasteiger partial charge >= 0.3 is 19.8 Å².